The number of alkyl halides is 3. The maximum Gasteiger partial charge on any atom is 0.490 e. The molecule has 4 aromatic rings. The summed E-state index contributed by atoms with van der Waals surface area (Å²) >= 11 is 0. The molecule has 1 aliphatic heterocycles. The maximum absolute atomic E-state index is 13.2. The lowest BCUT2D eigenvalue weighted by molar-refractivity contribution is -0.192. The van der Waals surface area contributed by atoms with E-state index in [1.165, 1.54) is 24.3 Å². The number of aryl methyl sites for hydroxylation is 1. The molecular weight excluding hydrogens is 642 g/mol. The molecule has 0 aliphatic carbocycles. The number of H-pyrrole nitrogens is 1. The van der Waals surface area contributed by atoms with Crippen molar-refractivity contribution in [1.29, 1.82) is 0 Å². The van der Waals surface area contributed by atoms with Crippen LogP contribution in [0.5, 0.6) is 0 Å². The molecule has 1 aromatic heterocycles. The number of primary amides is 1. The number of aliphatic carboxylic acids is 1. The largest absolute Gasteiger partial charge is 0.490 e. The van der Waals surface area contributed by atoms with Crippen LogP contribution in [-0.2, 0) is 21.2 Å². The summed E-state index contributed by atoms with van der Waals surface area (Å²) in [5.74, 6) is -3.49. The average Bonchev–Trinajstić information content (AvgIpc) is 3.47. The molecule has 1 aliphatic rings. The van der Waals surface area contributed by atoms with E-state index in [0.29, 0.717) is 49.0 Å². The Kier molecular flexibility index (Phi) is 10.9. The van der Waals surface area contributed by atoms with Gasteiger partial charge in [0.1, 0.15) is 5.82 Å². The summed E-state index contributed by atoms with van der Waals surface area (Å²) in [6.45, 7) is 2.59. The number of carbonyl (C=O) groups excluding carboxylic acids is 2. The number of nitrogens with two attached hydrogens (primary N) is 1. The van der Waals surface area contributed by atoms with Crippen LogP contribution in [0.2, 0.25) is 0 Å². The van der Waals surface area contributed by atoms with Crippen LogP contribution in [0.4, 0.5) is 17.6 Å². The monoisotopic (exact) mass is 675 g/mol. The van der Waals surface area contributed by atoms with E-state index in [9.17, 15) is 35.6 Å². The van der Waals surface area contributed by atoms with Crippen molar-refractivity contribution in [2.75, 3.05) is 18.8 Å². The van der Waals surface area contributed by atoms with Crippen LogP contribution in [0.25, 0.3) is 22.0 Å². The predicted molar refractivity (Wildman–Crippen MR) is 168 cm³/mol. The van der Waals surface area contributed by atoms with Crippen LogP contribution >= 0.6 is 0 Å². The molecule has 5 rings (SSSR count). The number of aromatic nitrogens is 1. The van der Waals surface area contributed by atoms with Crippen molar-refractivity contribution >= 4 is 38.6 Å². The van der Waals surface area contributed by atoms with Crippen molar-refractivity contribution in [2.24, 2.45) is 5.73 Å². The van der Waals surface area contributed by atoms with E-state index in [1.54, 1.807) is 17.3 Å². The highest BCUT2D eigenvalue weighted by Gasteiger charge is 2.38. The number of aromatic amines is 1. The second-order valence-electron chi connectivity index (χ2n) is 11.1. The lowest BCUT2D eigenvalue weighted by atomic mass is 9.88. The summed E-state index contributed by atoms with van der Waals surface area (Å²) in [4.78, 5) is 37.2. The van der Waals surface area contributed by atoms with Gasteiger partial charge >= 0.3 is 12.1 Å². The number of amides is 1. The van der Waals surface area contributed by atoms with E-state index in [4.69, 9.17) is 15.6 Å². The molecule has 0 radical (unpaired) electrons. The molecule has 0 bridgehead atoms. The molecule has 4 N–H and O–H groups in total. The first-order valence-electron chi connectivity index (χ1n) is 14.7. The lowest BCUT2D eigenvalue weighted by Crippen LogP contribution is -2.38. The van der Waals surface area contributed by atoms with Crippen molar-refractivity contribution in [3.05, 3.63) is 94.9 Å². The molecule has 14 heteroatoms. The van der Waals surface area contributed by atoms with Crippen molar-refractivity contribution in [2.45, 2.75) is 44.7 Å². The highest BCUT2D eigenvalue weighted by Crippen LogP contribution is 2.37. The number of carboxylic acids is 1. The first kappa shape index (κ1) is 35.3. The quantitative estimate of drug-likeness (QED) is 0.145. The Balaban J connectivity index is 0.000000644. The number of fused-ring (bicyclic) bond motifs is 1. The van der Waals surface area contributed by atoms with Gasteiger partial charge in [-0.1, -0.05) is 24.3 Å². The maximum atomic E-state index is 13.2. The van der Waals surface area contributed by atoms with Gasteiger partial charge in [-0.05, 0) is 90.8 Å². The standard InChI is InChI=1S/C31H32FN3O4S.C2HF3O2/c1-2-40(38,39)35-14-12-21(13-15-35)28-19-34-30-26(28)17-24(18-27(30)31(33)37)23-5-3-4-20(16-23)6-11-29(36)22-7-9-25(32)10-8-22;3-2(4,5)1(6)7/h3-5,7-10,16-19,21,34H,2,6,11-15H2,1H3,(H2,33,37);(H,6,7). The van der Waals surface area contributed by atoms with Gasteiger partial charge in [-0.15, -0.1) is 0 Å². The van der Waals surface area contributed by atoms with Crippen LogP contribution in [0.15, 0.2) is 66.9 Å². The smallest absolute Gasteiger partial charge is 0.475 e. The molecule has 250 valence electrons. The Bertz CT molecular complexity index is 1880. The number of halogens is 4. The number of rotatable bonds is 9. The molecule has 0 unspecified atom stereocenters. The first-order chi connectivity index (χ1) is 22.1. The van der Waals surface area contributed by atoms with Gasteiger partial charge in [-0.3, -0.25) is 9.59 Å². The van der Waals surface area contributed by atoms with Crippen molar-refractivity contribution in [3.8, 4) is 11.1 Å². The van der Waals surface area contributed by atoms with Crippen molar-refractivity contribution < 1.29 is 45.5 Å². The molecule has 1 fully saturated rings. The van der Waals surface area contributed by atoms with Crippen LogP contribution < -0.4 is 5.73 Å². The van der Waals surface area contributed by atoms with Gasteiger partial charge in [0.2, 0.25) is 10.0 Å². The summed E-state index contributed by atoms with van der Waals surface area (Å²) in [7, 11) is -3.22. The van der Waals surface area contributed by atoms with Gasteiger partial charge in [0.25, 0.3) is 5.91 Å². The van der Waals surface area contributed by atoms with E-state index in [1.807, 2.05) is 36.5 Å². The average molecular weight is 676 g/mol. The van der Waals surface area contributed by atoms with Gasteiger partial charge in [-0.2, -0.15) is 13.2 Å². The summed E-state index contributed by atoms with van der Waals surface area (Å²) in [5, 5.41) is 8.03. The molecule has 1 amide bonds. The fourth-order valence-electron chi connectivity index (χ4n) is 5.52. The normalized spacial score (nSPS) is 14.4. The molecule has 2 heterocycles. The summed E-state index contributed by atoms with van der Waals surface area (Å²) in [6.07, 6.45) is -0.981. The van der Waals surface area contributed by atoms with Crippen molar-refractivity contribution in [3.63, 3.8) is 0 Å². The molecule has 47 heavy (non-hydrogen) atoms. The molecule has 3 aromatic carbocycles. The fourth-order valence-corrected chi connectivity index (χ4v) is 6.66. The highest BCUT2D eigenvalue weighted by molar-refractivity contribution is 7.89. The minimum Gasteiger partial charge on any atom is -0.475 e. The van der Waals surface area contributed by atoms with E-state index in [0.717, 1.165) is 27.6 Å². The van der Waals surface area contributed by atoms with Gasteiger partial charge in [0.05, 0.1) is 16.8 Å². The van der Waals surface area contributed by atoms with E-state index >= 15 is 0 Å². The van der Waals surface area contributed by atoms with E-state index < -0.39 is 28.1 Å². The molecule has 9 nitrogen and oxygen atoms in total. The fraction of sp³-hybridized carbons (Fsp3) is 0.303. The number of Topliss-reactive ketones (excluding diaryl/α,β-unsaturated/α-hetero) is 1. The van der Waals surface area contributed by atoms with Crippen LogP contribution in [0, 0.1) is 5.82 Å². The zero-order valence-electron chi connectivity index (χ0n) is 25.3. The van der Waals surface area contributed by atoms with Crippen LogP contribution in [-0.4, -0.2) is 65.5 Å². The number of benzene rings is 3. The Morgan fingerprint density at radius 3 is 2.21 bits per heavy atom. The van der Waals surface area contributed by atoms with E-state index in [-0.39, 0.29) is 29.7 Å². The zero-order valence-corrected chi connectivity index (χ0v) is 26.1. The van der Waals surface area contributed by atoms with Gasteiger partial charge in [-0.25, -0.2) is 21.9 Å². The minimum atomic E-state index is -5.08. The van der Waals surface area contributed by atoms with Crippen LogP contribution in [0.1, 0.15) is 63.9 Å². The third-order valence-corrected chi connectivity index (χ3v) is 9.93. The number of nitrogens with zero attached hydrogens (tertiary/aromatic N) is 1. The SMILES string of the molecule is CCS(=O)(=O)N1CCC(c2c[nH]c3c(C(N)=O)cc(-c4cccc(CCC(=O)c5ccc(F)cc5)c4)cc23)CC1.O=C(O)C(F)(F)F. The number of carboxylic acid groups (broad SMARTS) is 1. The third-order valence-electron chi connectivity index (χ3n) is 8.05. The van der Waals surface area contributed by atoms with Crippen LogP contribution in [0.3, 0.4) is 0 Å². The second-order valence-corrected chi connectivity index (χ2v) is 13.3. The molecule has 0 spiro atoms. The van der Waals surface area contributed by atoms with Crippen molar-refractivity contribution in [1.82, 2.24) is 9.29 Å². The number of sulfonamides is 1. The van der Waals surface area contributed by atoms with Gasteiger partial charge in [0, 0.05) is 36.7 Å². The van der Waals surface area contributed by atoms with E-state index in [2.05, 4.69) is 4.98 Å². The van der Waals surface area contributed by atoms with Gasteiger partial charge < -0.3 is 15.8 Å². The summed E-state index contributed by atoms with van der Waals surface area (Å²) in [6, 6.07) is 17.2. The number of ketones is 1. The number of hydrogen-bond donors (Lipinski definition) is 3. The Labute approximate surface area is 268 Å². The summed E-state index contributed by atoms with van der Waals surface area (Å²) in [5.41, 5.74) is 11.1. The number of nitrogens with one attached hydrogen (secondary N) is 1. The number of carbonyl (C=O) groups is 3. The predicted octanol–water partition coefficient (Wildman–Crippen LogP) is 6.05. The lowest BCUT2D eigenvalue weighted by Gasteiger charge is -2.31. The Morgan fingerprint density at radius 2 is 1.64 bits per heavy atom. The third kappa shape index (κ3) is 8.63. The van der Waals surface area contributed by atoms with Gasteiger partial charge in [0.15, 0.2) is 5.78 Å². The molecule has 0 atom stereocenters. The molecular formula is C33H33F4N3O6S. The summed E-state index contributed by atoms with van der Waals surface area (Å²) < 4.78 is 71.1. The Hall–Kier alpha value is -4.56. The topological polar surface area (TPSA) is 151 Å². The minimum absolute atomic E-state index is 0.0578. The second kappa shape index (κ2) is 14.5. The number of piperidine rings is 1. The zero-order chi connectivity index (χ0) is 34.5. The Morgan fingerprint density at radius 1 is 1.00 bits per heavy atom. The molecule has 1 saturated heterocycles. The molecule has 0 saturated carbocycles. The number of hydrogen-bond acceptors (Lipinski definition) is 5. The highest BCUT2D eigenvalue weighted by atomic mass is 32.2. The first-order valence-corrected chi connectivity index (χ1v) is 16.3.